The number of nitrogens with one attached hydrogen (secondary N) is 2. The number of hydrogen-bond donors (Lipinski definition) is 2. The first-order chi connectivity index (χ1) is 15.0. The van der Waals surface area contributed by atoms with E-state index in [-0.39, 0.29) is 5.39 Å². The fourth-order valence-corrected chi connectivity index (χ4v) is 3.66. The van der Waals surface area contributed by atoms with Crippen molar-refractivity contribution in [2.75, 3.05) is 5.32 Å². The smallest absolute Gasteiger partial charge is 0.266 e. The monoisotopic (exact) mass is 418 g/mol. The molecule has 0 aliphatic carbocycles. The van der Waals surface area contributed by atoms with E-state index in [4.69, 9.17) is 0 Å². The molecule has 0 aliphatic rings. The maximum Gasteiger partial charge on any atom is 0.266 e. The Morgan fingerprint density at radius 2 is 1.87 bits per heavy atom. The summed E-state index contributed by atoms with van der Waals surface area (Å²) in [6.45, 7) is 1.85. The minimum atomic E-state index is -0.612. The lowest BCUT2D eigenvalue weighted by molar-refractivity contribution is 0.626. The van der Waals surface area contributed by atoms with E-state index in [0.29, 0.717) is 33.7 Å². The third-order valence-electron chi connectivity index (χ3n) is 5.12. The molecule has 31 heavy (non-hydrogen) atoms. The van der Waals surface area contributed by atoms with Gasteiger partial charge in [0.1, 0.15) is 23.5 Å². The third kappa shape index (κ3) is 3.20. The predicted octanol–water partition coefficient (Wildman–Crippen LogP) is 4.11. The molecule has 0 aliphatic heterocycles. The second-order valence-corrected chi connectivity index (χ2v) is 7.08. The van der Waals surface area contributed by atoms with Crippen molar-refractivity contribution < 1.29 is 8.78 Å². The molecule has 1 atom stereocenters. The van der Waals surface area contributed by atoms with Gasteiger partial charge in [0, 0.05) is 11.4 Å². The van der Waals surface area contributed by atoms with Crippen LogP contribution in [0.1, 0.15) is 18.7 Å². The molecule has 5 aromatic rings. The fraction of sp³-hybridized carbons (Fsp3) is 0.0909. The molecule has 2 N–H and O–H groups in total. The summed E-state index contributed by atoms with van der Waals surface area (Å²) in [6.07, 6.45) is 2.92. The van der Waals surface area contributed by atoms with Gasteiger partial charge in [0.25, 0.3) is 5.56 Å². The van der Waals surface area contributed by atoms with Gasteiger partial charge >= 0.3 is 0 Å². The van der Waals surface area contributed by atoms with Gasteiger partial charge in [0.15, 0.2) is 11.5 Å². The zero-order valence-corrected chi connectivity index (χ0v) is 16.3. The zero-order valence-electron chi connectivity index (χ0n) is 16.3. The summed E-state index contributed by atoms with van der Waals surface area (Å²) in [7, 11) is 0. The molecule has 0 radical (unpaired) electrons. The molecule has 7 nitrogen and oxygen atoms in total. The third-order valence-corrected chi connectivity index (χ3v) is 5.12. The Kier molecular flexibility index (Phi) is 4.43. The van der Waals surface area contributed by atoms with Crippen LogP contribution in [0.25, 0.3) is 27.6 Å². The van der Waals surface area contributed by atoms with Gasteiger partial charge in [0.2, 0.25) is 0 Å². The highest BCUT2D eigenvalue weighted by Gasteiger charge is 2.19. The molecule has 0 spiro atoms. The normalized spacial score (nSPS) is 12.4. The van der Waals surface area contributed by atoms with Crippen molar-refractivity contribution in [3.8, 4) is 5.69 Å². The van der Waals surface area contributed by atoms with E-state index in [0.717, 1.165) is 0 Å². The van der Waals surface area contributed by atoms with Crippen LogP contribution in [-0.2, 0) is 0 Å². The number of aromatic nitrogens is 5. The Morgan fingerprint density at radius 3 is 2.68 bits per heavy atom. The number of H-pyrrole nitrogens is 1. The number of aromatic amines is 1. The molecular formula is C22H16F2N6O. The number of nitrogens with zero attached hydrogens (tertiary/aromatic N) is 4. The van der Waals surface area contributed by atoms with Crippen LogP contribution in [0.15, 0.2) is 66.0 Å². The molecule has 0 amide bonds. The number of anilines is 1. The molecule has 5 rings (SSSR count). The maximum absolute atomic E-state index is 14.5. The van der Waals surface area contributed by atoms with Crippen molar-refractivity contribution in [2.24, 2.45) is 0 Å². The van der Waals surface area contributed by atoms with Crippen LogP contribution in [0.5, 0.6) is 0 Å². The topological polar surface area (TPSA) is 88.5 Å². The zero-order chi connectivity index (χ0) is 21.5. The Bertz CT molecular complexity index is 1480. The average molecular weight is 418 g/mol. The van der Waals surface area contributed by atoms with Crippen molar-refractivity contribution >= 4 is 27.8 Å². The average Bonchev–Trinajstić information content (AvgIpc) is 3.24. The number of imidazole rings is 1. The van der Waals surface area contributed by atoms with Gasteiger partial charge in [-0.25, -0.2) is 23.7 Å². The van der Waals surface area contributed by atoms with Gasteiger partial charge < -0.3 is 10.3 Å². The molecular weight excluding hydrogens is 402 g/mol. The van der Waals surface area contributed by atoms with E-state index in [1.54, 1.807) is 18.2 Å². The summed E-state index contributed by atoms with van der Waals surface area (Å²) < 4.78 is 29.4. The Hall–Kier alpha value is -4.14. The number of fused-ring (bicyclic) bond motifs is 2. The van der Waals surface area contributed by atoms with E-state index in [2.05, 4.69) is 25.3 Å². The lowest BCUT2D eigenvalue weighted by atomic mass is 10.1. The molecule has 0 fully saturated rings. The lowest BCUT2D eigenvalue weighted by Crippen LogP contribution is -2.26. The van der Waals surface area contributed by atoms with Gasteiger partial charge in [-0.15, -0.1) is 0 Å². The van der Waals surface area contributed by atoms with E-state index >= 15 is 0 Å². The van der Waals surface area contributed by atoms with Crippen molar-refractivity contribution in [1.82, 2.24) is 24.5 Å². The molecule has 3 aromatic heterocycles. The number of hydrogen-bond acceptors (Lipinski definition) is 5. The summed E-state index contributed by atoms with van der Waals surface area (Å²) in [6, 6.07) is 11.3. The number of benzene rings is 2. The molecule has 154 valence electrons. The highest BCUT2D eigenvalue weighted by Crippen LogP contribution is 2.26. The molecule has 0 saturated heterocycles. The quantitative estimate of drug-likeness (QED) is 0.459. The highest BCUT2D eigenvalue weighted by molar-refractivity contribution is 5.84. The summed E-state index contributed by atoms with van der Waals surface area (Å²) in [5.74, 6) is -0.561. The summed E-state index contributed by atoms with van der Waals surface area (Å²) >= 11 is 0. The highest BCUT2D eigenvalue weighted by atomic mass is 19.1. The van der Waals surface area contributed by atoms with E-state index in [1.165, 1.54) is 47.6 Å². The van der Waals surface area contributed by atoms with Crippen LogP contribution < -0.4 is 10.9 Å². The molecule has 0 saturated carbocycles. The summed E-state index contributed by atoms with van der Waals surface area (Å²) in [4.78, 5) is 28.9. The van der Waals surface area contributed by atoms with Crippen LogP contribution in [0.3, 0.4) is 0 Å². The maximum atomic E-state index is 14.5. The first-order valence-corrected chi connectivity index (χ1v) is 9.53. The fourth-order valence-electron chi connectivity index (χ4n) is 3.66. The summed E-state index contributed by atoms with van der Waals surface area (Å²) in [5.41, 5.74) is 1.57. The Morgan fingerprint density at radius 1 is 1.06 bits per heavy atom. The van der Waals surface area contributed by atoms with Crippen molar-refractivity contribution in [2.45, 2.75) is 13.0 Å². The minimum absolute atomic E-state index is 0.0282. The van der Waals surface area contributed by atoms with Crippen molar-refractivity contribution in [3.05, 3.63) is 88.9 Å². The van der Waals surface area contributed by atoms with Crippen LogP contribution in [0, 0.1) is 11.6 Å². The minimum Gasteiger partial charge on any atom is -0.360 e. The Balaban J connectivity index is 1.71. The van der Waals surface area contributed by atoms with Crippen LogP contribution >= 0.6 is 0 Å². The standard InChI is InChI=1S/C22H16F2N6O/c1-12(29-21-19-20(26-10-25-19)27-11-28-21)17-9-13-3-2-4-16(24)18(13)22(31)30(17)15-7-5-14(23)6-8-15/h2-12H,1H3,(H2,25,26,27,28,29)/t12-/m1/s1. The summed E-state index contributed by atoms with van der Waals surface area (Å²) in [5, 5.41) is 3.70. The van der Waals surface area contributed by atoms with E-state index in [9.17, 15) is 13.6 Å². The molecule has 0 unspecified atom stereocenters. The van der Waals surface area contributed by atoms with Crippen molar-refractivity contribution in [3.63, 3.8) is 0 Å². The van der Waals surface area contributed by atoms with Crippen LogP contribution in [-0.4, -0.2) is 24.5 Å². The second kappa shape index (κ2) is 7.28. The van der Waals surface area contributed by atoms with Crippen LogP contribution in [0.4, 0.5) is 14.6 Å². The van der Waals surface area contributed by atoms with Gasteiger partial charge in [-0.05, 0) is 48.7 Å². The molecule has 3 heterocycles. The second-order valence-electron chi connectivity index (χ2n) is 7.08. The van der Waals surface area contributed by atoms with Crippen molar-refractivity contribution in [1.29, 1.82) is 0 Å². The first-order valence-electron chi connectivity index (χ1n) is 9.53. The predicted molar refractivity (Wildman–Crippen MR) is 113 cm³/mol. The van der Waals surface area contributed by atoms with Gasteiger partial charge in [-0.2, -0.15) is 0 Å². The van der Waals surface area contributed by atoms with Gasteiger partial charge in [-0.1, -0.05) is 12.1 Å². The molecule has 9 heteroatoms. The lowest BCUT2D eigenvalue weighted by Gasteiger charge is -2.21. The Labute approximate surface area is 174 Å². The SMILES string of the molecule is C[C@@H](Nc1ncnc2[nH]cnc12)c1cc2cccc(F)c2c(=O)n1-c1ccc(F)cc1. The van der Waals surface area contributed by atoms with Gasteiger partial charge in [0.05, 0.1) is 17.8 Å². The number of pyridine rings is 1. The molecule has 2 aromatic carbocycles. The van der Waals surface area contributed by atoms with E-state index < -0.39 is 23.2 Å². The number of rotatable bonds is 4. The first kappa shape index (κ1) is 18.9. The van der Waals surface area contributed by atoms with Gasteiger partial charge in [-0.3, -0.25) is 9.36 Å². The van der Waals surface area contributed by atoms with Crippen LogP contribution in [0.2, 0.25) is 0 Å². The van der Waals surface area contributed by atoms with E-state index in [1.807, 2.05) is 6.92 Å². The largest absolute Gasteiger partial charge is 0.360 e. The number of halogens is 2. The molecule has 0 bridgehead atoms.